The number of benzene rings is 3. The van der Waals surface area contributed by atoms with Crippen LogP contribution in [0.15, 0.2) is 66.7 Å². The van der Waals surface area contributed by atoms with Crippen LogP contribution in [0.25, 0.3) is 21.8 Å². The van der Waals surface area contributed by atoms with E-state index < -0.39 is 15.9 Å². The molecule has 0 saturated heterocycles. The number of hydrogen-bond donors (Lipinski definition) is 2. The van der Waals surface area contributed by atoms with E-state index in [0.29, 0.717) is 29.0 Å². The number of nitrogens with zero attached hydrogens (tertiary/aromatic N) is 2. The van der Waals surface area contributed by atoms with E-state index >= 15 is 0 Å². The van der Waals surface area contributed by atoms with E-state index in [2.05, 4.69) is 10.6 Å². The number of nitrogens with one attached hydrogen (secondary N) is 2. The molecule has 0 saturated carbocycles. The molecule has 0 unspecified atom stereocenters. The van der Waals surface area contributed by atoms with Gasteiger partial charge in [0.05, 0.1) is 28.7 Å². The molecule has 4 rings (SSSR count). The molecule has 0 radical (unpaired) electrons. The number of rotatable bonds is 7. The van der Waals surface area contributed by atoms with Crippen molar-refractivity contribution in [2.24, 2.45) is 0 Å². The Kier molecular flexibility index (Phi) is 6.70. The summed E-state index contributed by atoms with van der Waals surface area (Å²) in [6.07, 6.45) is 1.72. The lowest BCUT2D eigenvalue weighted by Gasteiger charge is -2.21. The summed E-state index contributed by atoms with van der Waals surface area (Å²) in [6, 6.07) is 19.9. The van der Waals surface area contributed by atoms with Crippen molar-refractivity contribution >= 4 is 66.4 Å². The first-order chi connectivity index (χ1) is 16.7. The molecule has 1 aromatic heterocycles. The Morgan fingerprint density at radius 3 is 2.23 bits per heavy atom. The number of anilines is 4. The van der Waals surface area contributed by atoms with Crippen molar-refractivity contribution in [3.05, 3.63) is 66.7 Å². The summed E-state index contributed by atoms with van der Waals surface area (Å²) in [5.41, 5.74) is 3.99. The minimum atomic E-state index is -3.76. The van der Waals surface area contributed by atoms with Crippen LogP contribution in [0, 0.1) is 0 Å². The van der Waals surface area contributed by atoms with Crippen LogP contribution in [0.1, 0.15) is 26.7 Å². The lowest BCUT2D eigenvalue weighted by atomic mass is 10.1. The first-order valence-electron chi connectivity index (χ1n) is 11.2. The van der Waals surface area contributed by atoms with E-state index in [4.69, 9.17) is 4.98 Å². The monoisotopic (exact) mass is 490 g/mol. The number of sulfonamides is 1. The first-order valence-corrected chi connectivity index (χ1v) is 13.0. The van der Waals surface area contributed by atoms with Crippen molar-refractivity contribution in [3.8, 4) is 0 Å². The predicted octanol–water partition coefficient (Wildman–Crippen LogP) is 5.18. The van der Waals surface area contributed by atoms with Gasteiger partial charge in [-0.15, -0.1) is 0 Å². The fourth-order valence-corrected chi connectivity index (χ4v) is 4.93. The highest BCUT2D eigenvalue weighted by Gasteiger charge is 2.24. The second-order valence-corrected chi connectivity index (χ2v) is 10.1. The van der Waals surface area contributed by atoms with Crippen LogP contribution in [0.3, 0.4) is 0 Å². The third-order valence-electron chi connectivity index (χ3n) is 5.39. The Labute approximate surface area is 204 Å². The maximum atomic E-state index is 12.5. The smallest absolute Gasteiger partial charge is 0.240 e. The number of aromatic nitrogens is 1. The Morgan fingerprint density at radius 1 is 0.914 bits per heavy atom. The van der Waals surface area contributed by atoms with Crippen molar-refractivity contribution in [1.29, 1.82) is 0 Å². The summed E-state index contributed by atoms with van der Waals surface area (Å²) in [5.74, 6) is -0.624. The third kappa shape index (κ3) is 5.25. The van der Waals surface area contributed by atoms with Gasteiger partial charge in [0.25, 0.3) is 0 Å². The van der Waals surface area contributed by atoms with Crippen LogP contribution in [0.2, 0.25) is 0 Å². The highest BCUT2D eigenvalue weighted by Crippen LogP contribution is 2.35. The molecule has 0 aliphatic carbocycles. The van der Waals surface area contributed by atoms with Gasteiger partial charge in [0.1, 0.15) is 0 Å². The molecule has 0 spiro atoms. The molecule has 8 nitrogen and oxygen atoms in total. The molecule has 2 N–H and O–H groups in total. The van der Waals surface area contributed by atoms with E-state index in [1.165, 1.54) is 6.92 Å². The molecule has 2 amide bonds. The largest absolute Gasteiger partial charge is 0.354 e. The maximum Gasteiger partial charge on any atom is 0.240 e. The van der Waals surface area contributed by atoms with Gasteiger partial charge in [0, 0.05) is 35.5 Å². The minimum absolute atomic E-state index is 0.141. The van der Waals surface area contributed by atoms with Crippen molar-refractivity contribution in [2.75, 3.05) is 21.2 Å². The fourth-order valence-electron chi connectivity index (χ4n) is 3.97. The van der Waals surface area contributed by atoms with Gasteiger partial charge in [-0.2, -0.15) is 0 Å². The average Bonchev–Trinajstić information content (AvgIpc) is 2.79. The van der Waals surface area contributed by atoms with Gasteiger partial charge < -0.3 is 10.6 Å². The molecule has 0 aliphatic heterocycles. The van der Waals surface area contributed by atoms with E-state index in [-0.39, 0.29) is 12.3 Å². The fraction of sp³-hybridized carbons (Fsp3) is 0.192. The molecule has 1 heterocycles. The molecule has 0 aliphatic rings. The summed E-state index contributed by atoms with van der Waals surface area (Å²) >= 11 is 0. The third-order valence-corrected chi connectivity index (χ3v) is 6.47. The Balaban J connectivity index is 1.75. The zero-order valence-electron chi connectivity index (χ0n) is 19.7. The number of para-hydroxylation sites is 1. The predicted molar refractivity (Wildman–Crippen MR) is 141 cm³/mol. The zero-order valence-corrected chi connectivity index (χ0v) is 20.5. The lowest BCUT2D eigenvalue weighted by molar-refractivity contribution is -0.117. The summed E-state index contributed by atoms with van der Waals surface area (Å²) in [6.45, 7) is 3.28. The quantitative estimate of drug-likeness (QED) is 0.346. The van der Waals surface area contributed by atoms with Gasteiger partial charge in [0.15, 0.2) is 0 Å². The molecule has 0 atom stereocenters. The summed E-state index contributed by atoms with van der Waals surface area (Å²) in [7, 11) is -3.76. The minimum Gasteiger partial charge on any atom is -0.354 e. The van der Waals surface area contributed by atoms with Gasteiger partial charge >= 0.3 is 0 Å². The van der Waals surface area contributed by atoms with E-state index in [1.807, 2.05) is 49.4 Å². The van der Waals surface area contributed by atoms with Crippen molar-refractivity contribution in [3.63, 3.8) is 0 Å². The molecule has 9 heteroatoms. The van der Waals surface area contributed by atoms with Crippen LogP contribution in [-0.4, -0.2) is 31.5 Å². The molecule has 0 fully saturated rings. The van der Waals surface area contributed by atoms with Gasteiger partial charge in [-0.05, 0) is 55.0 Å². The summed E-state index contributed by atoms with van der Waals surface area (Å²) < 4.78 is 25.4. The van der Waals surface area contributed by atoms with Crippen LogP contribution in [0.4, 0.5) is 22.7 Å². The number of pyridine rings is 1. The summed E-state index contributed by atoms with van der Waals surface area (Å²) in [5, 5.41) is 7.98. The Hall–Kier alpha value is -3.98. The highest BCUT2D eigenvalue weighted by molar-refractivity contribution is 7.92. The highest BCUT2D eigenvalue weighted by atomic mass is 32.2. The van der Waals surface area contributed by atoms with Gasteiger partial charge in [-0.25, -0.2) is 17.7 Å². The normalized spacial score (nSPS) is 11.4. The van der Waals surface area contributed by atoms with E-state index in [0.717, 1.165) is 32.5 Å². The van der Waals surface area contributed by atoms with Crippen molar-refractivity contribution < 1.29 is 18.0 Å². The molecule has 180 valence electrons. The van der Waals surface area contributed by atoms with Crippen LogP contribution >= 0.6 is 0 Å². The lowest BCUT2D eigenvalue weighted by Crippen LogP contribution is -2.35. The molecular weight excluding hydrogens is 464 g/mol. The molecule has 0 bridgehead atoms. The number of hydrogen-bond acceptors (Lipinski definition) is 6. The van der Waals surface area contributed by atoms with Crippen molar-refractivity contribution in [1.82, 2.24) is 4.98 Å². The van der Waals surface area contributed by atoms with Crippen LogP contribution < -0.4 is 14.9 Å². The second-order valence-electron chi connectivity index (χ2n) is 8.26. The molecule has 4 aromatic rings. The number of carbonyl (C=O) groups is 2. The van der Waals surface area contributed by atoms with Gasteiger partial charge in [0.2, 0.25) is 21.8 Å². The number of amides is 2. The molecule has 3 aromatic carbocycles. The summed E-state index contributed by atoms with van der Waals surface area (Å²) in [4.78, 5) is 28.7. The molecular formula is C26H26N4O4S. The van der Waals surface area contributed by atoms with Crippen LogP contribution in [-0.2, 0) is 19.6 Å². The first kappa shape index (κ1) is 24.2. The second kappa shape index (κ2) is 9.71. The number of carbonyl (C=O) groups excluding carboxylic acids is 2. The van der Waals surface area contributed by atoms with Gasteiger partial charge in [-0.3, -0.25) is 9.59 Å². The molecule has 35 heavy (non-hydrogen) atoms. The van der Waals surface area contributed by atoms with Crippen molar-refractivity contribution in [2.45, 2.75) is 26.7 Å². The topological polar surface area (TPSA) is 108 Å². The number of fused-ring (bicyclic) bond motifs is 2. The maximum absolute atomic E-state index is 12.5. The van der Waals surface area contributed by atoms with E-state index in [1.54, 1.807) is 24.3 Å². The van der Waals surface area contributed by atoms with Crippen LogP contribution in [0.5, 0.6) is 0 Å². The Bertz CT molecular complexity index is 1530. The average molecular weight is 491 g/mol. The SMILES string of the molecule is CCCC(=O)N(c1ccc(Nc2c3ccccc3nc3cc(NC(C)=O)ccc23)cc1)S(C)(=O)=O. The standard InChI is InChI=1S/C26H26N4O4S/c1-4-7-25(32)30(35(3,33)34)20-13-10-18(11-14-20)28-26-21-8-5-6-9-23(21)29-24-16-19(27-17(2)31)12-15-22(24)26/h5-6,8-16H,4,7H2,1-3H3,(H,27,31)(H,28,29). The van der Waals surface area contributed by atoms with E-state index in [9.17, 15) is 18.0 Å². The zero-order chi connectivity index (χ0) is 25.2. The van der Waals surface area contributed by atoms with Gasteiger partial charge in [-0.1, -0.05) is 25.1 Å². The Morgan fingerprint density at radius 2 is 1.57 bits per heavy atom.